The van der Waals surface area contributed by atoms with E-state index in [0.29, 0.717) is 0 Å². The number of carboxylic acid groups (broad SMARTS) is 1. The summed E-state index contributed by atoms with van der Waals surface area (Å²) in [7, 11) is 0. The molecule has 0 aliphatic rings. The predicted octanol–water partition coefficient (Wildman–Crippen LogP) is -1.55. The second-order valence-corrected chi connectivity index (χ2v) is 1.35. The van der Waals surface area contributed by atoms with Crippen molar-refractivity contribution in [3.63, 3.8) is 0 Å². The zero-order chi connectivity index (χ0) is 8.69. The number of nitrogens with two attached hydrogens (primary N) is 1. The van der Waals surface area contributed by atoms with Crippen LogP contribution in [0, 0.1) is 0 Å². The minimum atomic E-state index is -0.403. The van der Waals surface area contributed by atoms with Gasteiger partial charge in [0, 0.05) is 0 Å². The van der Waals surface area contributed by atoms with Gasteiger partial charge in [-0.25, -0.2) is 5.10 Å². The second kappa shape index (κ2) is 4.91. The fourth-order valence-electron chi connectivity index (χ4n) is 0.289. The van der Waals surface area contributed by atoms with E-state index in [1.54, 1.807) is 0 Å². The average molecular weight is 158 g/mol. The fraction of sp³-hybridized carbons (Fsp3) is 0. The molecule has 0 unspecified atom stereocenters. The van der Waals surface area contributed by atoms with E-state index in [2.05, 4.69) is 15.4 Å². The molecule has 0 saturated heterocycles. The first-order valence-corrected chi connectivity index (χ1v) is 2.46. The van der Waals surface area contributed by atoms with Gasteiger partial charge in [0.25, 0.3) is 12.0 Å². The van der Waals surface area contributed by atoms with Gasteiger partial charge in [-0.1, -0.05) is 5.21 Å². The minimum absolute atomic E-state index is 0.0833. The van der Waals surface area contributed by atoms with E-state index in [4.69, 9.17) is 15.6 Å². The number of nitrogens with one attached hydrogen (secondary N) is 1. The molecule has 0 spiro atoms. The average Bonchev–Trinajstić information content (AvgIpc) is 1.97. The molecule has 60 valence electrons. The molecule has 1 aromatic heterocycles. The van der Waals surface area contributed by atoms with Gasteiger partial charge < -0.3 is 10.8 Å². The Bertz CT molecular complexity index is 270. The highest BCUT2D eigenvalue weighted by Crippen LogP contribution is 1.77. The van der Waals surface area contributed by atoms with Crippen LogP contribution in [0.5, 0.6) is 0 Å². The van der Waals surface area contributed by atoms with Crippen molar-refractivity contribution >= 4 is 12.2 Å². The highest BCUT2D eigenvalue weighted by Gasteiger charge is 1.86. The maximum atomic E-state index is 10.3. The van der Waals surface area contributed by atoms with E-state index >= 15 is 0 Å². The van der Waals surface area contributed by atoms with E-state index in [9.17, 15) is 4.79 Å². The molecule has 0 amide bonds. The summed E-state index contributed by atoms with van der Waals surface area (Å²) in [6.07, 6.45) is 1.19. The van der Waals surface area contributed by atoms with Gasteiger partial charge in [0.15, 0.2) is 0 Å². The van der Waals surface area contributed by atoms with Crippen LogP contribution in [0.15, 0.2) is 11.0 Å². The topological polar surface area (TPSA) is 122 Å². The summed E-state index contributed by atoms with van der Waals surface area (Å²) >= 11 is 0. The smallest absolute Gasteiger partial charge is 0.290 e. The first-order chi connectivity index (χ1) is 5.22. The van der Waals surface area contributed by atoms with Crippen molar-refractivity contribution in [3.8, 4) is 0 Å². The lowest BCUT2D eigenvalue weighted by Crippen LogP contribution is -2.13. The monoisotopic (exact) mass is 158 g/mol. The van der Waals surface area contributed by atoms with Crippen molar-refractivity contribution in [2.24, 2.45) is 0 Å². The third kappa shape index (κ3) is 3.62. The molecule has 4 N–H and O–H groups in total. The first kappa shape index (κ1) is 9.08. The standard InChI is InChI=1S/C3H4N4O.CH2O2/c4-2-1-5-7-6-3(2)8;2-1-3/h1H,(H2,4,7)(H,5,6,8);1H,(H,2,3). The molecule has 1 heterocycles. The summed E-state index contributed by atoms with van der Waals surface area (Å²) in [6, 6.07) is 0. The molecular weight excluding hydrogens is 152 g/mol. The second-order valence-electron chi connectivity index (χ2n) is 1.35. The van der Waals surface area contributed by atoms with Crippen LogP contribution in [0.1, 0.15) is 0 Å². The van der Waals surface area contributed by atoms with Crippen molar-refractivity contribution in [2.75, 3.05) is 5.73 Å². The maximum Gasteiger partial charge on any atom is 0.290 e. The van der Waals surface area contributed by atoms with E-state index in [1.165, 1.54) is 6.20 Å². The van der Waals surface area contributed by atoms with Crippen LogP contribution in [-0.4, -0.2) is 27.0 Å². The molecule has 0 fully saturated rings. The van der Waals surface area contributed by atoms with Crippen LogP contribution in [0.3, 0.4) is 0 Å². The lowest BCUT2D eigenvalue weighted by atomic mass is 10.6. The SMILES string of the molecule is Nc1cnn[nH]c1=O.O=CO. The molecule has 0 aliphatic carbocycles. The number of carbonyl (C=O) groups is 1. The van der Waals surface area contributed by atoms with E-state index in [1.807, 2.05) is 0 Å². The van der Waals surface area contributed by atoms with Crippen molar-refractivity contribution in [1.82, 2.24) is 15.4 Å². The molecular formula is C4H6N4O3. The molecule has 7 heteroatoms. The largest absolute Gasteiger partial charge is 0.483 e. The number of aromatic amines is 1. The Morgan fingerprint density at radius 1 is 1.73 bits per heavy atom. The van der Waals surface area contributed by atoms with Crippen LogP contribution in [0.4, 0.5) is 5.69 Å². The highest BCUT2D eigenvalue weighted by atomic mass is 16.3. The predicted molar refractivity (Wildman–Crippen MR) is 35.8 cm³/mol. The summed E-state index contributed by atoms with van der Waals surface area (Å²) in [5, 5.41) is 15.4. The number of anilines is 1. The van der Waals surface area contributed by atoms with Crippen LogP contribution in [0.25, 0.3) is 0 Å². The number of nitrogen functional groups attached to an aromatic ring is 1. The van der Waals surface area contributed by atoms with Crippen LogP contribution >= 0.6 is 0 Å². The third-order valence-corrected chi connectivity index (χ3v) is 0.668. The van der Waals surface area contributed by atoms with E-state index in [0.717, 1.165) is 0 Å². The molecule has 11 heavy (non-hydrogen) atoms. The Morgan fingerprint density at radius 2 is 2.27 bits per heavy atom. The fourth-order valence-corrected chi connectivity index (χ4v) is 0.289. The van der Waals surface area contributed by atoms with Gasteiger partial charge in [-0.05, 0) is 0 Å². The van der Waals surface area contributed by atoms with Crippen molar-refractivity contribution in [1.29, 1.82) is 0 Å². The van der Waals surface area contributed by atoms with Crippen LogP contribution < -0.4 is 11.3 Å². The van der Waals surface area contributed by atoms with Gasteiger partial charge in [-0.15, -0.1) is 5.10 Å². The third-order valence-electron chi connectivity index (χ3n) is 0.668. The number of hydrogen-bond donors (Lipinski definition) is 3. The van der Waals surface area contributed by atoms with Crippen LogP contribution in [-0.2, 0) is 4.79 Å². The van der Waals surface area contributed by atoms with Gasteiger partial charge >= 0.3 is 0 Å². The number of nitrogens with zero attached hydrogens (tertiary/aromatic N) is 2. The van der Waals surface area contributed by atoms with Gasteiger partial charge in [0.1, 0.15) is 5.69 Å². The Morgan fingerprint density at radius 3 is 2.55 bits per heavy atom. The Kier molecular flexibility index (Phi) is 4.06. The van der Waals surface area contributed by atoms with Crippen molar-refractivity contribution in [3.05, 3.63) is 16.6 Å². The summed E-state index contributed by atoms with van der Waals surface area (Å²) < 4.78 is 0. The molecule has 0 aliphatic heterocycles. The molecule has 0 saturated carbocycles. The summed E-state index contributed by atoms with van der Waals surface area (Å²) in [5.41, 5.74) is 4.75. The number of rotatable bonds is 0. The summed E-state index contributed by atoms with van der Waals surface area (Å²) in [6.45, 7) is -0.250. The Labute approximate surface area is 60.9 Å². The van der Waals surface area contributed by atoms with E-state index < -0.39 is 5.56 Å². The number of H-pyrrole nitrogens is 1. The molecule has 1 rings (SSSR count). The van der Waals surface area contributed by atoms with E-state index in [-0.39, 0.29) is 12.2 Å². The molecule has 0 bridgehead atoms. The molecule has 0 radical (unpaired) electrons. The maximum absolute atomic E-state index is 10.3. The highest BCUT2D eigenvalue weighted by molar-refractivity contribution is 5.32. The van der Waals surface area contributed by atoms with Crippen molar-refractivity contribution in [2.45, 2.75) is 0 Å². The van der Waals surface area contributed by atoms with Crippen LogP contribution in [0.2, 0.25) is 0 Å². The summed E-state index contributed by atoms with van der Waals surface area (Å²) in [5.74, 6) is 0. The zero-order valence-corrected chi connectivity index (χ0v) is 5.39. The first-order valence-electron chi connectivity index (χ1n) is 2.46. The Balaban J connectivity index is 0.000000292. The summed E-state index contributed by atoms with van der Waals surface area (Å²) in [4.78, 5) is 18.7. The lowest BCUT2D eigenvalue weighted by Gasteiger charge is -1.82. The molecule has 0 atom stereocenters. The Hall–Kier alpha value is -1.92. The molecule has 1 aromatic rings. The normalized spacial score (nSPS) is 7.64. The molecule has 7 nitrogen and oxygen atoms in total. The van der Waals surface area contributed by atoms with Gasteiger partial charge in [-0.2, -0.15) is 0 Å². The minimum Gasteiger partial charge on any atom is -0.483 e. The van der Waals surface area contributed by atoms with Gasteiger partial charge in [0.2, 0.25) is 0 Å². The van der Waals surface area contributed by atoms with Crippen molar-refractivity contribution < 1.29 is 9.90 Å². The zero-order valence-electron chi connectivity index (χ0n) is 5.39. The lowest BCUT2D eigenvalue weighted by molar-refractivity contribution is -0.122. The molecule has 0 aromatic carbocycles. The van der Waals surface area contributed by atoms with Gasteiger partial charge in [-0.3, -0.25) is 9.59 Å². The van der Waals surface area contributed by atoms with Gasteiger partial charge in [0.05, 0.1) is 6.20 Å². The number of hydrogen-bond acceptors (Lipinski definition) is 5. The number of aromatic nitrogens is 3. The quantitative estimate of drug-likeness (QED) is 0.393.